The highest BCUT2D eigenvalue weighted by Crippen LogP contribution is 2.45. The molecule has 0 amide bonds. The zero-order valence-electron chi connectivity index (χ0n) is 20.2. The SMILES string of the molecule is C#CC1([C@@H](C=O)CC(C)=O)CCCCCC=C1CCc1cccc2ccccc12.CC(C)=O. The fraction of sp³-hybridized carbons (Fsp3) is 0.433. The van der Waals surface area contributed by atoms with Crippen LogP contribution in [-0.4, -0.2) is 17.9 Å². The molecule has 2 aromatic carbocycles. The van der Waals surface area contributed by atoms with Crippen LogP contribution < -0.4 is 0 Å². The van der Waals surface area contributed by atoms with Crippen LogP contribution in [0, 0.1) is 23.7 Å². The Balaban J connectivity index is 0.000000890. The van der Waals surface area contributed by atoms with E-state index in [1.165, 1.54) is 35.8 Å². The first-order valence-electron chi connectivity index (χ1n) is 11.9. The molecular weight excluding hydrogens is 408 g/mol. The molecule has 0 aromatic heterocycles. The van der Waals surface area contributed by atoms with Gasteiger partial charge in [0.05, 0.1) is 5.41 Å². The zero-order valence-corrected chi connectivity index (χ0v) is 20.2. The van der Waals surface area contributed by atoms with Crippen molar-refractivity contribution in [2.75, 3.05) is 0 Å². The predicted octanol–water partition coefficient (Wildman–Crippen LogP) is 6.67. The van der Waals surface area contributed by atoms with E-state index in [1.54, 1.807) is 6.92 Å². The van der Waals surface area contributed by atoms with Gasteiger partial charge in [-0.1, -0.05) is 72.9 Å². The lowest BCUT2D eigenvalue weighted by atomic mass is 9.64. The van der Waals surface area contributed by atoms with E-state index < -0.39 is 11.3 Å². The van der Waals surface area contributed by atoms with Crippen LogP contribution >= 0.6 is 0 Å². The van der Waals surface area contributed by atoms with Crippen molar-refractivity contribution in [1.29, 1.82) is 0 Å². The number of hydrogen-bond donors (Lipinski definition) is 0. The monoisotopic (exact) mass is 444 g/mol. The highest BCUT2D eigenvalue weighted by molar-refractivity contribution is 5.85. The third kappa shape index (κ3) is 7.26. The summed E-state index contributed by atoms with van der Waals surface area (Å²) in [4.78, 5) is 33.3. The maximum Gasteiger partial charge on any atom is 0.130 e. The van der Waals surface area contributed by atoms with E-state index in [4.69, 9.17) is 6.42 Å². The van der Waals surface area contributed by atoms with Gasteiger partial charge in [-0.05, 0) is 69.2 Å². The third-order valence-corrected chi connectivity index (χ3v) is 6.34. The van der Waals surface area contributed by atoms with Gasteiger partial charge in [0.15, 0.2) is 0 Å². The number of rotatable bonds is 7. The third-order valence-electron chi connectivity index (χ3n) is 6.34. The zero-order chi connectivity index (χ0) is 24.3. The first-order chi connectivity index (χ1) is 15.8. The van der Waals surface area contributed by atoms with Crippen molar-refractivity contribution in [3.63, 3.8) is 0 Å². The lowest BCUT2D eigenvalue weighted by Crippen LogP contribution is -2.35. The fourth-order valence-corrected chi connectivity index (χ4v) is 4.79. The Morgan fingerprint density at radius 3 is 2.39 bits per heavy atom. The van der Waals surface area contributed by atoms with Crippen LogP contribution in [-0.2, 0) is 20.8 Å². The Kier molecular flexibility index (Phi) is 10.3. The Morgan fingerprint density at radius 1 is 1.03 bits per heavy atom. The number of carbonyl (C=O) groups is 3. The standard InChI is InChI=1S/C27H30O2.C3H6O/c1-3-27(25(20-28)19-21(2)29)18-9-5-4-6-14-24(27)17-16-23-13-10-12-22-11-7-8-15-26(22)23;1-3(2)4/h1,7-8,10-15,20,25H,4-6,9,16-19H2,2H3;1-2H3/t25-,27?;/m1./s1. The summed E-state index contributed by atoms with van der Waals surface area (Å²) in [5, 5.41) is 2.51. The summed E-state index contributed by atoms with van der Waals surface area (Å²) in [5.74, 6) is 2.76. The van der Waals surface area contributed by atoms with Crippen LogP contribution in [0.5, 0.6) is 0 Å². The number of benzene rings is 2. The average molecular weight is 445 g/mol. The Labute approximate surface area is 198 Å². The van der Waals surface area contributed by atoms with Crippen LogP contribution in [0.25, 0.3) is 10.8 Å². The normalized spacial score (nSPS) is 19.0. The number of terminal acetylenes is 1. The van der Waals surface area contributed by atoms with Gasteiger partial charge in [-0.15, -0.1) is 6.42 Å². The van der Waals surface area contributed by atoms with Crippen LogP contribution in [0.1, 0.15) is 71.3 Å². The summed E-state index contributed by atoms with van der Waals surface area (Å²) >= 11 is 0. The van der Waals surface area contributed by atoms with Crippen LogP contribution in [0.2, 0.25) is 0 Å². The highest BCUT2D eigenvalue weighted by atomic mass is 16.1. The minimum absolute atomic E-state index is 0.0205. The van der Waals surface area contributed by atoms with Crippen molar-refractivity contribution in [1.82, 2.24) is 0 Å². The van der Waals surface area contributed by atoms with Gasteiger partial charge in [-0.25, -0.2) is 0 Å². The quantitative estimate of drug-likeness (QED) is 0.272. The molecule has 0 radical (unpaired) electrons. The van der Waals surface area contributed by atoms with Gasteiger partial charge >= 0.3 is 0 Å². The molecule has 0 saturated heterocycles. The lowest BCUT2D eigenvalue weighted by Gasteiger charge is -2.37. The number of ketones is 2. The summed E-state index contributed by atoms with van der Waals surface area (Å²) in [5.41, 5.74) is 1.83. The van der Waals surface area contributed by atoms with Crippen molar-refractivity contribution < 1.29 is 14.4 Å². The summed E-state index contributed by atoms with van der Waals surface area (Å²) in [6, 6.07) is 14.8. The number of carbonyl (C=O) groups excluding carboxylic acids is 3. The molecule has 1 aliphatic carbocycles. The number of allylic oxidation sites excluding steroid dienone is 2. The Hall–Kier alpha value is -2.99. The molecular formula is C30H36O3. The second-order valence-corrected chi connectivity index (χ2v) is 9.14. The second-order valence-electron chi connectivity index (χ2n) is 9.14. The molecule has 0 spiro atoms. The van der Waals surface area contributed by atoms with E-state index in [0.717, 1.165) is 51.2 Å². The Bertz CT molecular complexity index is 1030. The molecule has 3 rings (SSSR count). The molecule has 0 aliphatic heterocycles. The summed E-state index contributed by atoms with van der Waals surface area (Å²) in [6.07, 6.45) is 16.2. The molecule has 2 atom stereocenters. The van der Waals surface area contributed by atoms with Gasteiger partial charge in [0, 0.05) is 12.3 Å². The molecule has 0 N–H and O–H groups in total. The number of aryl methyl sites for hydroxylation is 1. The van der Waals surface area contributed by atoms with E-state index in [0.29, 0.717) is 0 Å². The molecule has 0 saturated carbocycles. The summed E-state index contributed by atoms with van der Waals surface area (Å²) in [7, 11) is 0. The minimum Gasteiger partial charge on any atom is -0.303 e. The number of fused-ring (bicyclic) bond motifs is 1. The lowest BCUT2D eigenvalue weighted by molar-refractivity contribution is -0.123. The molecule has 2 aromatic rings. The molecule has 0 fully saturated rings. The van der Waals surface area contributed by atoms with Gasteiger partial charge in [0.1, 0.15) is 17.9 Å². The van der Waals surface area contributed by atoms with Crippen LogP contribution in [0.4, 0.5) is 0 Å². The van der Waals surface area contributed by atoms with Crippen molar-refractivity contribution >= 4 is 28.6 Å². The van der Waals surface area contributed by atoms with Gasteiger partial charge in [-0.3, -0.25) is 0 Å². The smallest absolute Gasteiger partial charge is 0.130 e. The van der Waals surface area contributed by atoms with Crippen LogP contribution in [0.3, 0.4) is 0 Å². The first-order valence-corrected chi connectivity index (χ1v) is 11.9. The second kappa shape index (κ2) is 12.9. The average Bonchev–Trinajstić information content (AvgIpc) is 2.77. The van der Waals surface area contributed by atoms with E-state index in [2.05, 4.69) is 54.5 Å². The van der Waals surface area contributed by atoms with Gasteiger partial charge in [0.2, 0.25) is 0 Å². The number of Topliss-reactive ketones (excluding diaryl/α,β-unsaturated/α-hetero) is 2. The van der Waals surface area contributed by atoms with Crippen molar-refractivity contribution in [3.05, 3.63) is 59.7 Å². The largest absolute Gasteiger partial charge is 0.303 e. The molecule has 1 aliphatic rings. The molecule has 1 unspecified atom stereocenters. The van der Waals surface area contributed by atoms with Crippen molar-refractivity contribution in [3.8, 4) is 12.3 Å². The van der Waals surface area contributed by atoms with E-state index in [1.807, 2.05) is 0 Å². The fourth-order valence-electron chi connectivity index (χ4n) is 4.79. The maximum atomic E-state index is 12.0. The minimum atomic E-state index is -0.640. The maximum absolute atomic E-state index is 12.0. The van der Waals surface area contributed by atoms with Crippen LogP contribution in [0.15, 0.2) is 54.1 Å². The number of hydrogen-bond acceptors (Lipinski definition) is 3. The van der Waals surface area contributed by atoms with Gasteiger partial charge in [-0.2, -0.15) is 0 Å². The molecule has 0 heterocycles. The van der Waals surface area contributed by atoms with Crippen molar-refractivity contribution in [2.24, 2.45) is 11.3 Å². The van der Waals surface area contributed by atoms with Crippen molar-refractivity contribution in [2.45, 2.75) is 72.1 Å². The van der Waals surface area contributed by atoms with E-state index >= 15 is 0 Å². The van der Waals surface area contributed by atoms with Gasteiger partial charge < -0.3 is 14.4 Å². The molecule has 33 heavy (non-hydrogen) atoms. The Morgan fingerprint density at radius 2 is 1.73 bits per heavy atom. The van der Waals surface area contributed by atoms with Gasteiger partial charge in [0.25, 0.3) is 0 Å². The molecule has 3 heteroatoms. The predicted molar refractivity (Wildman–Crippen MR) is 136 cm³/mol. The topological polar surface area (TPSA) is 51.2 Å². The number of aldehydes is 1. The summed E-state index contributed by atoms with van der Waals surface area (Å²) < 4.78 is 0. The molecule has 0 bridgehead atoms. The molecule has 3 nitrogen and oxygen atoms in total. The first kappa shape index (κ1) is 26.3. The van der Waals surface area contributed by atoms with E-state index in [9.17, 15) is 14.4 Å². The highest BCUT2D eigenvalue weighted by Gasteiger charge is 2.40. The van der Waals surface area contributed by atoms with E-state index in [-0.39, 0.29) is 18.0 Å². The summed E-state index contributed by atoms with van der Waals surface area (Å²) in [6.45, 7) is 4.60. The molecule has 174 valence electrons.